The summed E-state index contributed by atoms with van der Waals surface area (Å²) in [5.41, 5.74) is 0.247. The summed E-state index contributed by atoms with van der Waals surface area (Å²) in [6.07, 6.45) is 6.70. The molecule has 2 aliphatic rings. The molecule has 0 heterocycles. The van der Waals surface area contributed by atoms with Crippen LogP contribution in [-0.2, 0) is 0 Å². The molecule has 3 atom stereocenters. The zero-order valence-corrected chi connectivity index (χ0v) is 10.1. The molecular weight excluding hydrogens is 186 g/mol. The van der Waals surface area contributed by atoms with Crippen molar-refractivity contribution in [2.24, 2.45) is 17.3 Å². The first kappa shape index (κ1) is 11.4. The second kappa shape index (κ2) is 4.42. The van der Waals surface area contributed by atoms with Crippen molar-refractivity contribution in [1.82, 2.24) is 5.32 Å². The smallest absolute Gasteiger partial charge is 0.0436 e. The molecule has 15 heavy (non-hydrogen) atoms. The van der Waals surface area contributed by atoms with Crippen LogP contribution < -0.4 is 5.32 Å². The standard InChI is InChI=1S/C13H25NO/c1-13(2,5-6-15)9-14-12-8-10-3-4-11(12)7-10/h10-12,14-15H,3-9H2,1-2H3. The highest BCUT2D eigenvalue weighted by atomic mass is 16.3. The van der Waals surface area contributed by atoms with E-state index in [0.29, 0.717) is 6.61 Å². The Morgan fingerprint density at radius 2 is 2.07 bits per heavy atom. The third-order valence-electron chi connectivity index (χ3n) is 4.37. The molecule has 0 radical (unpaired) electrons. The summed E-state index contributed by atoms with van der Waals surface area (Å²) >= 11 is 0. The highest BCUT2D eigenvalue weighted by Gasteiger charge is 2.39. The summed E-state index contributed by atoms with van der Waals surface area (Å²) in [7, 11) is 0. The van der Waals surface area contributed by atoms with Crippen molar-refractivity contribution in [2.75, 3.05) is 13.2 Å². The van der Waals surface area contributed by atoms with Gasteiger partial charge in [-0.25, -0.2) is 0 Å². The monoisotopic (exact) mass is 211 g/mol. The maximum atomic E-state index is 8.97. The molecule has 2 rings (SSSR count). The summed E-state index contributed by atoms with van der Waals surface area (Å²) in [6.45, 7) is 5.85. The SMILES string of the molecule is CC(C)(CCO)CNC1CC2CCC1C2. The summed E-state index contributed by atoms with van der Waals surface area (Å²) in [5.74, 6) is 1.98. The van der Waals surface area contributed by atoms with Crippen molar-refractivity contribution in [3.63, 3.8) is 0 Å². The number of fused-ring (bicyclic) bond motifs is 2. The van der Waals surface area contributed by atoms with Crippen molar-refractivity contribution in [1.29, 1.82) is 0 Å². The Morgan fingerprint density at radius 3 is 2.60 bits per heavy atom. The maximum absolute atomic E-state index is 8.97. The van der Waals surface area contributed by atoms with Crippen LogP contribution in [-0.4, -0.2) is 24.3 Å². The Hall–Kier alpha value is -0.0800. The van der Waals surface area contributed by atoms with Crippen molar-refractivity contribution in [2.45, 2.75) is 52.0 Å². The van der Waals surface area contributed by atoms with E-state index in [4.69, 9.17) is 5.11 Å². The highest BCUT2D eigenvalue weighted by Crippen LogP contribution is 2.44. The molecule has 0 spiro atoms. The number of aliphatic hydroxyl groups is 1. The van der Waals surface area contributed by atoms with Gasteiger partial charge in [0.15, 0.2) is 0 Å². The van der Waals surface area contributed by atoms with Gasteiger partial charge in [0.25, 0.3) is 0 Å². The summed E-state index contributed by atoms with van der Waals surface area (Å²) in [6, 6.07) is 0.779. The van der Waals surface area contributed by atoms with Crippen molar-refractivity contribution < 1.29 is 5.11 Å². The Labute approximate surface area is 93.5 Å². The topological polar surface area (TPSA) is 32.3 Å². The normalized spacial score (nSPS) is 35.0. The predicted molar refractivity (Wildman–Crippen MR) is 62.7 cm³/mol. The van der Waals surface area contributed by atoms with Crippen LogP contribution in [0.5, 0.6) is 0 Å². The predicted octanol–water partition coefficient (Wildman–Crippen LogP) is 2.17. The van der Waals surface area contributed by atoms with Gasteiger partial charge in [0.05, 0.1) is 0 Å². The molecule has 2 N–H and O–H groups in total. The maximum Gasteiger partial charge on any atom is 0.0436 e. The van der Waals surface area contributed by atoms with E-state index in [1.807, 2.05) is 0 Å². The van der Waals surface area contributed by atoms with Crippen molar-refractivity contribution >= 4 is 0 Å². The Balaban J connectivity index is 1.74. The second-order valence-corrected chi connectivity index (χ2v) is 6.30. The van der Waals surface area contributed by atoms with E-state index in [0.717, 1.165) is 30.8 Å². The second-order valence-electron chi connectivity index (χ2n) is 6.30. The van der Waals surface area contributed by atoms with Crippen LogP contribution in [0.3, 0.4) is 0 Å². The van der Waals surface area contributed by atoms with E-state index in [2.05, 4.69) is 19.2 Å². The van der Waals surface area contributed by atoms with Gasteiger partial charge in [-0.05, 0) is 42.9 Å². The van der Waals surface area contributed by atoms with E-state index in [9.17, 15) is 0 Å². The van der Waals surface area contributed by atoms with Crippen LogP contribution in [0, 0.1) is 17.3 Å². The molecule has 3 unspecified atom stereocenters. The van der Waals surface area contributed by atoms with E-state index in [-0.39, 0.29) is 5.41 Å². The van der Waals surface area contributed by atoms with E-state index >= 15 is 0 Å². The zero-order chi connectivity index (χ0) is 10.9. The third-order valence-corrected chi connectivity index (χ3v) is 4.37. The average molecular weight is 211 g/mol. The molecule has 2 heteroatoms. The largest absolute Gasteiger partial charge is 0.396 e. The molecule has 2 nitrogen and oxygen atoms in total. The molecule has 2 fully saturated rings. The lowest BCUT2D eigenvalue weighted by Gasteiger charge is -2.29. The minimum Gasteiger partial charge on any atom is -0.396 e. The lowest BCUT2D eigenvalue weighted by molar-refractivity contribution is 0.196. The van der Waals surface area contributed by atoms with Crippen LogP contribution in [0.4, 0.5) is 0 Å². The van der Waals surface area contributed by atoms with Crippen LogP contribution in [0.1, 0.15) is 46.0 Å². The first-order chi connectivity index (χ1) is 7.11. The molecule has 2 saturated carbocycles. The van der Waals surface area contributed by atoms with Crippen LogP contribution >= 0.6 is 0 Å². The van der Waals surface area contributed by atoms with Gasteiger partial charge in [0.2, 0.25) is 0 Å². The summed E-state index contributed by atoms with van der Waals surface area (Å²) in [5, 5.41) is 12.7. The molecule has 2 aliphatic carbocycles. The number of hydrogen-bond donors (Lipinski definition) is 2. The molecule has 0 saturated heterocycles. The number of nitrogens with one attached hydrogen (secondary N) is 1. The van der Waals surface area contributed by atoms with Gasteiger partial charge in [-0.2, -0.15) is 0 Å². The van der Waals surface area contributed by atoms with Gasteiger partial charge >= 0.3 is 0 Å². The first-order valence-corrected chi connectivity index (χ1v) is 6.45. The molecule has 88 valence electrons. The van der Waals surface area contributed by atoms with Gasteiger partial charge in [-0.15, -0.1) is 0 Å². The van der Waals surface area contributed by atoms with Gasteiger partial charge < -0.3 is 10.4 Å². The van der Waals surface area contributed by atoms with Crippen molar-refractivity contribution in [3.05, 3.63) is 0 Å². The van der Waals surface area contributed by atoms with Gasteiger partial charge in [0.1, 0.15) is 0 Å². The van der Waals surface area contributed by atoms with E-state index < -0.39 is 0 Å². The Bertz CT molecular complexity index is 215. The molecule has 0 aliphatic heterocycles. The molecular formula is C13H25NO. The first-order valence-electron chi connectivity index (χ1n) is 6.45. The van der Waals surface area contributed by atoms with E-state index in [1.165, 1.54) is 25.7 Å². The van der Waals surface area contributed by atoms with Gasteiger partial charge in [0, 0.05) is 19.2 Å². The van der Waals surface area contributed by atoms with Crippen LogP contribution in [0.25, 0.3) is 0 Å². The fourth-order valence-corrected chi connectivity index (χ4v) is 3.29. The minimum atomic E-state index is 0.247. The van der Waals surface area contributed by atoms with Gasteiger partial charge in [-0.3, -0.25) is 0 Å². The van der Waals surface area contributed by atoms with Crippen LogP contribution in [0.2, 0.25) is 0 Å². The quantitative estimate of drug-likeness (QED) is 0.730. The Kier molecular flexibility index (Phi) is 3.36. The average Bonchev–Trinajstić information content (AvgIpc) is 2.75. The molecule has 0 aromatic rings. The molecule has 0 aromatic carbocycles. The summed E-state index contributed by atoms with van der Waals surface area (Å²) in [4.78, 5) is 0. The summed E-state index contributed by atoms with van der Waals surface area (Å²) < 4.78 is 0. The highest BCUT2D eigenvalue weighted by molar-refractivity contribution is 4.94. The fraction of sp³-hybridized carbons (Fsp3) is 1.00. The van der Waals surface area contributed by atoms with Crippen molar-refractivity contribution in [3.8, 4) is 0 Å². The third kappa shape index (κ3) is 2.73. The molecule has 0 amide bonds. The molecule has 2 bridgehead atoms. The zero-order valence-electron chi connectivity index (χ0n) is 10.1. The van der Waals surface area contributed by atoms with Crippen LogP contribution in [0.15, 0.2) is 0 Å². The lowest BCUT2D eigenvalue weighted by atomic mass is 9.88. The number of rotatable bonds is 5. The fourth-order valence-electron chi connectivity index (χ4n) is 3.29. The Morgan fingerprint density at radius 1 is 1.27 bits per heavy atom. The van der Waals surface area contributed by atoms with E-state index in [1.54, 1.807) is 0 Å². The minimum absolute atomic E-state index is 0.247. The number of hydrogen-bond acceptors (Lipinski definition) is 2. The van der Waals surface area contributed by atoms with Gasteiger partial charge in [-0.1, -0.05) is 20.3 Å². The number of aliphatic hydroxyl groups excluding tert-OH is 1. The molecule has 0 aromatic heterocycles. The lowest BCUT2D eigenvalue weighted by Crippen LogP contribution is -2.40.